The van der Waals surface area contributed by atoms with Crippen LogP contribution in [-0.4, -0.2) is 25.8 Å². The van der Waals surface area contributed by atoms with Gasteiger partial charge in [-0.15, -0.1) is 11.3 Å². The monoisotopic (exact) mass is 373 g/mol. The summed E-state index contributed by atoms with van der Waals surface area (Å²) in [7, 11) is -1.85. The van der Waals surface area contributed by atoms with E-state index < -0.39 is 10.0 Å². The fourth-order valence-corrected chi connectivity index (χ4v) is 5.04. The second-order valence-electron chi connectivity index (χ2n) is 4.58. The quantitative estimate of drug-likeness (QED) is 0.799. The van der Waals surface area contributed by atoms with Gasteiger partial charge in [-0.3, -0.25) is 0 Å². The van der Waals surface area contributed by atoms with E-state index in [1.807, 2.05) is 24.4 Å². The number of sulfonamides is 1. The summed E-state index contributed by atoms with van der Waals surface area (Å²) in [5.41, 5.74) is 0. The van der Waals surface area contributed by atoms with Crippen molar-refractivity contribution < 1.29 is 8.42 Å². The van der Waals surface area contributed by atoms with E-state index in [-0.39, 0.29) is 6.04 Å². The summed E-state index contributed by atoms with van der Waals surface area (Å²) in [6.07, 6.45) is 0.720. The topological polar surface area (TPSA) is 37.4 Å². The smallest absolute Gasteiger partial charge is 0.207 e. The van der Waals surface area contributed by atoms with Crippen LogP contribution in [0.4, 0.5) is 0 Å². The average Bonchev–Trinajstić information content (AvgIpc) is 2.90. The zero-order chi connectivity index (χ0) is 14.8. The maximum atomic E-state index is 12.6. The number of halogens is 1. The summed E-state index contributed by atoms with van der Waals surface area (Å²) in [6, 6.07) is 10.8. The summed E-state index contributed by atoms with van der Waals surface area (Å²) in [6.45, 7) is 1.92. The maximum Gasteiger partial charge on any atom is 0.244 e. The van der Waals surface area contributed by atoms with Crippen molar-refractivity contribution in [1.29, 1.82) is 0 Å². The van der Waals surface area contributed by atoms with Crippen LogP contribution >= 0.6 is 27.3 Å². The van der Waals surface area contributed by atoms with Crippen molar-refractivity contribution in [2.24, 2.45) is 0 Å². The van der Waals surface area contributed by atoms with Crippen molar-refractivity contribution in [3.63, 3.8) is 0 Å². The van der Waals surface area contributed by atoms with Gasteiger partial charge in [-0.1, -0.05) is 18.2 Å². The van der Waals surface area contributed by atoms with Crippen LogP contribution in [0.15, 0.2) is 51.1 Å². The number of nitrogens with zero attached hydrogens (tertiary/aromatic N) is 1. The molecule has 0 radical (unpaired) electrons. The SMILES string of the molecule is CC(Cc1cccs1)N(C)S(=O)(=O)c1ccccc1Br. The average molecular weight is 374 g/mol. The first-order chi connectivity index (χ1) is 9.43. The molecule has 0 aliphatic heterocycles. The molecule has 2 rings (SSSR count). The molecule has 108 valence electrons. The summed E-state index contributed by atoms with van der Waals surface area (Å²) in [5.74, 6) is 0. The third-order valence-corrected chi connectivity index (χ3v) is 7.07. The van der Waals surface area contributed by atoms with Gasteiger partial charge < -0.3 is 0 Å². The minimum atomic E-state index is -3.48. The van der Waals surface area contributed by atoms with Crippen LogP contribution in [0.25, 0.3) is 0 Å². The molecule has 3 nitrogen and oxygen atoms in total. The van der Waals surface area contributed by atoms with Crippen molar-refractivity contribution in [3.05, 3.63) is 51.1 Å². The standard InChI is InChI=1S/C14H16BrNO2S2/c1-11(10-12-6-5-9-19-12)16(2)20(17,18)14-8-4-3-7-13(14)15/h3-9,11H,10H2,1-2H3. The number of likely N-dealkylation sites (N-methyl/N-ethyl adjacent to an activating group) is 1. The Bertz CT molecular complexity index is 668. The molecule has 0 amide bonds. The van der Waals surface area contributed by atoms with Gasteiger partial charge in [0.2, 0.25) is 10.0 Å². The predicted molar refractivity (Wildman–Crippen MR) is 86.6 cm³/mol. The number of rotatable bonds is 5. The predicted octanol–water partition coefficient (Wildman–Crippen LogP) is 3.76. The Morgan fingerprint density at radius 3 is 2.55 bits per heavy atom. The van der Waals surface area contributed by atoms with Gasteiger partial charge in [-0.2, -0.15) is 4.31 Å². The zero-order valence-corrected chi connectivity index (χ0v) is 14.5. The Hall–Kier alpha value is -0.690. The molecule has 0 spiro atoms. The Balaban J connectivity index is 2.23. The third-order valence-electron chi connectivity index (χ3n) is 3.19. The Kier molecular flexibility index (Phi) is 5.01. The van der Waals surface area contributed by atoms with Crippen molar-refractivity contribution in [2.75, 3.05) is 7.05 Å². The zero-order valence-electron chi connectivity index (χ0n) is 11.3. The summed E-state index contributed by atoms with van der Waals surface area (Å²) >= 11 is 4.95. The number of hydrogen-bond donors (Lipinski definition) is 0. The molecule has 0 aliphatic rings. The molecule has 0 fully saturated rings. The van der Waals surface area contributed by atoms with E-state index in [0.717, 1.165) is 6.42 Å². The van der Waals surface area contributed by atoms with Crippen LogP contribution in [-0.2, 0) is 16.4 Å². The lowest BCUT2D eigenvalue weighted by Gasteiger charge is -2.24. The van der Waals surface area contributed by atoms with Gasteiger partial charge in [0, 0.05) is 22.4 Å². The highest BCUT2D eigenvalue weighted by molar-refractivity contribution is 9.10. The van der Waals surface area contributed by atoms with Gasteiger partial charge in [-0.05, 0) is 52.9 Å². The lowest BCUT2D eigenvalue weighted by Crippen LogP contribution is -2.36. The Morgan fingerprint density at radius 2 is 1.95 bits per heavy atom. The fraction of sp³-hybridized carbons (Fsp3) is 0.286. The first kappa shape index (κ1) is 15.7. The van der Waals surface area contributed by atoms with Crippen LogP contribution in [0, 0.1) is 0 Å². The third kappa shape index (κ3) is 3.31. The van der Waals surface area contributed by atoms with Crippen LogP contribution in [0.1, 0.15) is 11.8 Å². The van der Waals surface area contributed by atoms with Crippen molar-refractivity contribution in [1.82, 2.24) is 4.31 Å². The molecule has 0 bridgehead atoms. The van der Waals surface area contributed by atoms with Crippen LogP contribution in [0.5, 0.6) is 0 Å². The molecule has 0 N–H and O–H groups in total. The van der Waals surface area contributed by atoms with E-state index in [4.69, 9.17) is 0 Å². The molecule has 0 saturated heterocycles. The first-order valence-electron chi connectivity index (χ1n) is 6.18. The molecule has 0 aliphatic carbocycles. The van der Waals surface area contributed by atoms with Gasteiger partial charge in [0.15, 0.2) is 0 Å². The van der Waals surface area contributed by atoms with Gasteiger partial charge in [0.25, 0.3) is 0 Å². The summed E-state index contributed by atoms with van der Waals surface area (Å²) < 4.78 is 27.3. The van der Waals surface area contributed by atoms with E-state index in [2.05, 4.69) is 15.9 Å². The van der Waals surface area contributed by atoms with Crippen molar-refractivity contribution in [3.8, 4) is 0 Å². The molecule has 2 aromatic rings. The van der Waals surface area contributed by atoms with Crippen LogP contribution < -0.4 is 0 Å². The van der Waals surface area contributed by atoms with E-state index in [1.165, 1.54) is 9.18 Å². The highest BCUT2D eigenvalue weighted by atomic mass is 79.9. The number of thiophene rings is 1. The number of benzene rings is 1. The molecule has 0 saturated carbocycles. The fourth-order valence-electron chi connectivity index (χ4n) is 1.89. The molecular weight excluding hydrogens is 358 g/mol. The molecule has 1 heterocycles. The second kappa shape index (κ2) is 6.39. The minimum Gasteiger partial charge on any atom is -0.207 e. The van der Waals surface area contributed by atoms with Gasteiger partial charge >= 0.3 is 0 Å². The van der Waals surface area contributed by atoms with Gasteiger partial charge in [0.1, 0.15) is 0 Å². The normalized spacial score (nSPS) is 13.6. The maximum absolute atomic E-state index is 12.6. The lowest BCUT2D eigenvalue weighted by molar-refractivity contribution is 0.388. The largest absolute Gasteiger partial charge is 0.244 e. The molecule has 20 heavy (non-hydrogen) atoms. The highest BCUT2D eigenvalue weighted by Gasteiger charge is 2.27. The van der Waals surface area contributed by atoms with E-state index in [0.29, 0.717) is 9.37 Å². The Labute approximate surface area is 132 Å². The lowest BCUT2D eigenvalue weighted by atomic mass is 10.2. The van der Waals surface area contributed by atoms with E-state index >= 15 is 0 Å². The molecule has 1 aromatic carbocycles. The second-order valence-corrected chi connectivity index (χ2v) is 8.44. The molecule has 6 heteroatoms. The highest BCUT2D eigenvalue weighted by Crippen LogP contribution is 2.26. The first-order valence-corrected chi connectivity index (χ1v) is 9.29. The Morgan fingerprint density at radius 1 is 1.25 bits per heavy atom. The van der Waals surface area contributed by atoms with Crippen molar-refractivity contribution >= 4 is 37.3 Å². The van der Waals surface area contributed by atoms with Crippen molar-refractivity contribution in [2.45, 2.75) is 24.3 Å². The van der Waals surface area contributed by atoms with E-state index in [1.54, 1.807) is 42.6 Å². The van der Waals surface area contributed by atoms with Gasteiger partial charge in [0.05, 0.1) is 4.90 Å². The number of hydrogen-bond acceptors (Lipinski definition) is 3. The molecule has 1 atom stereocenters. The van der Waals surface area contributed by atoms with Gasteiger partial charge in [-0.25, -0.2) is 8.42 Å². The minimum absolute atomic E-state index is 0.0919. The molecular formula is C14H16BrNO2S2. The molecule has 1 aromatic heterocycles. The summed E-state index contributed by atoms with van der Waals surface area (Å²) in [5, 5.41) is 2.00. The van der Waals surface area contributed by atoms with E-state index in [9.17, 15) is 8.42 Å². The van der Waals surface area contributed by atoms with Crippen LogP contribution in [0.3, 0.4) is 0 Å². The summed E-state index contributed by atoms with van der Waals surface area (Å²) in [4.78, 5) is 1.49. The molecule has 1 unspecified atom stereocenters. The van der Waals surface area contributed by atoms with Crippen LogP contribution in [0.2, 0.25) is 0 Å².